The van der Waals surface area contributed by atoms with Crippen LogP contribution >= 0.6 is 11.8 Å². The Morgan fingerprint density at radius 1 is 1.62 bits per heavy atom. The summed E-state index contributed by atoms with van der Waals surface area (Å²) in [6, 6.07) is 0.498. The summed E-state index contributed by atoms with van der Waals surface area (Å²) in [6.07, 6.45) is 3.35. The van der Waals surface area contributed by atoms with Gasteiger partial charge in [-0.25, -0.2) is 0 Å². The molecule has 0 bridgehead atoms. The summed E-state index contributed by atoms with van der Waals surface area (Å²) < 4.78 is 5.41. The van der Waals surface area contributed by atoms with Crippen molar-refractivity contribution in [1.82, 2.24) is 5.32 Å². The number of hydrogen-bond donors (Lipinski definition) is 1. The van der Waals surface area contributed by atoms with Crippen LogP contribution in [-0.4, -0.2) is 31.1 Å². The van der Waals surface area contributed by atoms with E-state index in [0.717, 1.165) is 19.6 Å². The van der Waals surface area contributed by atoms with E-state index in [2.05, 4.69) is 30.6 Å². The third kappa shape index (κ3) is 2.73. The average molecular weight is 201 g/mol. The Morgan fingerprint density at radius 3 is 3.00 bits per heavy atom. The number of ether oxygens (including phenoxy) is 1. The molecule has 2 nitrogen and oxygen atoms in total. The predicted molar refractivity (Wildman–Crippen MR) is 59.1 cm³/mol. The van der Waals surface area contributed by atoms with Crippen molar-refractivity contribution in [1.29, 1.82) is 0 Å². The number of thioether (sulfide) groups is 1. The molecule has 0 aliphatic carbocycles. The van der Waals surface area contributed by atoms with Gasteiger partial charge in [-0.15, -0.1) is 11.8 Å². The second kappa shape index (κ2) is 5.03. The van der Waals surface area contributed by atoms with Crippen LogP contribution in [0.5, 0.6) is 0 Å². The van der Waals surface area contributed by atoms with Crippen LogP contribution in [0.25, 0.3) is 0 Å². The molecule has 1 heterocycles. The lowest BCUT2D eigenvalue weighted by molar-refractivity contribution is 0.182. The van der Waals surface area contributed by atoms with Crippen LogP contribution in [0.2, 0.25) is 0 Å². The molecule has 0 fully saturated rings. The van der Waals surface area contributed by atoms with Crippen molar-refractivity contribution in [2.75, 3.05) is 20.3 Å². The van der Waals surface area contributed by atoms with Gasteiger partial charge in [0.15, 0.2) is 0 Å². The van der Waals surface area contributed by atoms with Gasteiger partial charge in [0, 0.05) is 24.5 Å². The average Bonchev–Trinajstić information content (AvgIpc) is 2.46. The maximum Gasteiger partial charge on any atom is 0.0476 e. The minimum atomic E-state index is 0.284. The van der Waals surface area contributed by atoms with Crippen LogP contribution in [0.1, 0.15) is 20.3 Å². The molecule has 0 aromatic heterocycles. The molecule has 1 aliphatic heterocycles. The SMILES string of the molecule is CCNC1C=CSC1(C)CCOC. The van der Waals surface area contributed by atoms with Gasteiger partial charge in [0.1, 0.15) is 0 Å². The van der Waals surface area contributed by atoms with E-state index in [4.69, 9.17) is 4.74 Å². The van der Waals surface area contributed by atoms with Crippen molar-refractivity contribution < 1.29 is 4.74 Å². The highest BCUT2D eigenvalue weighted by Gasteiger charge is 2.35. The smallest absolute Gasteiger partial charge is 0.0476 e. The predicted octanol–water partition coefficient (Wildman–Crippen LogP) is 2.02. The first-order valence-electron chi connectivity index (χ1n) is 4.79. The van der Waals surface area contributed by atoms with Crippen LogP contribution in [-0.2, 0) is 4.74 Å². The second-order valence-corrected chi connectivity index (χ2v) is 4.98. The van der Waals surface area contributed by atoms with E-state index >= 15 is 0 Å². The topological polar surface area (TPSA) is 21.3 Å². The van der Waals surface area contributed by atoms with Gasteiger partial charge in [0.2, 0.25) is 0 Å². The lowest BCUT2D eigenvalue weighted by atomic mass is 9.98. The molecule has 0 saturated heterocycles. The van der Waals surface area contributed by atoms with Crippen molar-refractivity contribution >= 4 is 11.8 Å². The molecule has 76 valence electrons. The molecule has 2 atom stereocenters. The summed E-state index contributed by atoms with van der Waals surface area (Å²) in [4.78, 5) is 0. The summed E-state index contributed by atoms with van der Waals surface area (Å²) in [5.41, 5.74) is 0. The summed E-state index contributed by atoms with van der Waals surface area (Å²) in [6.45, 7) is 6.31. The maximum absolute atomic E-state index is 5.13. The Balaban J connectivity index is 2.46. The zero-order chi connectivity index (χ0) is 9.73. The lowest BCUT2D eigenvalue weighted by Crippen LogP contribution is -2.43. The highest BCUT2D eigenvalue weighted by molar-refractivity contribution is 8.03. The van der Waals surface area contributed by atoms with Crippen LogP contribution < -0.4 is 5.32 Å². The molecule has 3 heteroatoms. The molecule has 0 radical (unpaired) electrons. The molecule has 2 unspecified atom stereocenters. The molecule has 0 saturated carbocycles. The van der Waals surface area contributed by atoms with E-state index in [-0.39, 0.29) is 4.75 Å². The quantitative estimate of drug-likeness (QED) is 0.735. The number of methoxy groups -OCH3 is 1. The Bertz CT molecular complexity index is 184. The second-order valence-electron chi connectivity index (χ2n) is 3.54. The van der Waals surface area contributed by atoms with Crippen molar-refractivity contribution in [2.24, 2.45) is 0 Å². The molecular weight excluding hydrogens is 182 g/mol. The highest BCUT2D eigenvalue weighted by atomic mass is 32.2. The van der Waals surface area contributed by atoms with Gasteiger partial charge in [-0.05, 0) is 25.3 Å². The maximum atomic E-state index is 5.13. The Kier molecular flexibility index (Phi) is 4.29. The van der Waals surface area contributed by atoms with Crippen LogP contribution in [0.15, 0.2) is 11.5 Å². The Hall–Kier alpha value is 0.01000. The van der Waals surface area contributed by atoms with E-state index in [1.807, 2.05) is 11.8 Å². The van der Waals surface area contributed by atoms with E-state index < -0.39 is 0 Å². The molecule has 0 spiro atoms. The molecule has 1 aliphatic rings. The van der Waals surface area contributed by atoms with Crippen molar-refractivity contribution in [2.45, 2.75) is 31.1 Å². The molecule has 1 N–H and O–H groups in total. The highest BCUT2D eigenvalue weighted by Crippen LogP contribution is 2.39. The molecule has 13 heavy (non-hydrogen) atoms. The van der Waals surface area contributed by atoms with Gasteiger partial charge in [0.05, 0.1) is 0 Å². The van der Waals surface area contributed by atoms with Crippen LogP contribution in [0, 0.1) is 0 Å². The lowest BCUT2D eigenvalue weighted by Gasteiger charge is -2.30. The Labute approximate surface area is 85.1 Å². The van der Waals surface area contributed by atoms with E-state index in [0.29, 0.717) is 6.04 Å². The number of likely N-dealkylation sites (N-methyl/N-ethyl adjacent to an activating group) is 1. The number of hydrogen-bond acceptors (Lipinski definition) is 3. The fourth-order valence-corrected chi connectivity index (χ4v) is 2.63. The molecule has 0 amide bonds. The van der Waals surface area contributed by atoms with Crippen LogP contribution in [0.4, 0.5) is 0 Å². The van der Waals surface area contributed by atoms with E-state index in [9.17, 15) is 0 Å². The molecule has 1 rings (SSSR count). The van der Waals surface area contributed by atoms with Gasteiger partial charge in [-0.3, -0.25) is 0 Å². The third-order valence-electron chi connectivity index (χ3n) is 2.49. The zero-order valence-corrected chi connectivity index (χ0v) is 9.49. The van der Waals surface area contributed by atoms with Gasteiger partial charge in [-0.2, -0.15) is 0 Å². The summed E-state index contributed by atoms with van der Waals surface area (Å²) in [5.74, 6) is 0. The largest absolute Gasteiger partial charge is 0.385 e. The van der Waals surface area contributed by atoms with Crippen molar-refractivity contribution in [3.8, 4) is 0 Å². The standard InChI is InChI=1S/C10H19NOS/c1-4-11-9-5-8-13-10(9,2)6-7-12-3/h5,8-9,11H,4,6-7H2,1-3H3. The van der Waals surface area contributed by atoms with Gasteiger partial charge < -0.3 is 10.1 Å². The molecular formula is C10H19NOS. The third-order valence-corrected chi connectivity index (χ3v) is 3.78. The van der Waals surface area contributed by atoms with Gasteiger partial charge in [0.25, 0.3) is 0 Å². The normalized spacial score (nSPS) is 32.7. The molecule has 0 aromatic rings. The summed E-state index contributed by atoms with van der Waals surface area (Å²) >= 11 is 1.91. The van der Waals surface area contributed by atoms with Crippen LogP contribution in [0.3, 0.4) is 0 Å². The Morgan fingerprint density at radius 2 is 2.38 bits per heavy atom. The molecule has 0 aromatic carbocycles. The fraction of sp³-hybridized carbons (Fsp3) is 0.800. The summed E-state index contributed by atoms with van der Waals surface area (Å²) in [5, 5.41) is 5.68. The summed E-state index contributed by atoms with van der Waals surface area (Å²) in [7, 11) is 1.76. The number of rotatable bonds is 5. The van der Waals surface area contributed by atoms with Crippen molar-refractivity contribution in [3.63, 3.8) is 0 Å². The first kappa shape index (κ1) is 11.1. The monoisotopic (exact) mass is 201 g/mol. The first-order chi connectivity index (χ1) is 6.23. The zero-order valence-electron chi connectivity index (χ0n) is 8.67. The minimum absolute atomic E-state index is 0.284. The van der Waals surface area contributed by atoms with E-state index in [1.165, 1.54) is 0 Å². The number of nitrogens with one attached hydrogen (secondary N) is 1. The fourth-order valence-electron chi connectivity index (χ4n) is 1.57. The minimum Gasteiger partial charge on any atom is -0.385 e. The van der Waals surface area contributed by atoms with Crippen molar-refractivity contribution in [3.05, 3.63) is 11.5 Å². The van der Waals surface area contributed by atoms with Gasteiger partial charge in [-0.1, -0.05) is 13.0 Å². The van der Waals surface area contributed by atoms with E-state index in [1.54, 1.807) is 7.11 Å². The van der Waals surface area contributed by atoms with Gasteiger partial charge >= 0.3 is 0 Å². The first-order valence-corrected chi connectivity index (χ1v) is 5.67.